The van der Waals surface area contributed by atoms with Gasteiger partial charge < -0.3 is 14.6 Å². The lowest BCUT2D eigenvalue weighted by Gasteiger charge is -2.09. The monoisotopic (exact) mass is 327 g/mol. The number of rotatable bonds is 6. The molecular weight excluding hydrogens is 310 g/mol. The van der Waals surface area contributed by atoms with Crippen molar-refractivity contribution in [3.05, 3.63) is 64.9 Å². The van der Waals surface area contributed by atoms with Gasteiger partial charge in [0, 0.05) is 23.3 Å². The summed E-state index contributed by atoms with van der Waals surface area (Å²) >= 11 is 1.64. The van der Waals surface area contributed by atoms with Crippen molar-refractivity contribution in [2.75, 3.05) is 6.61 Å². The molecule has 0 aliphatic carbocycles. The minimum Gasteiger partial charge on any atom is -0.484 e. The summed E-state index contributed by atoms with van der Waals surface area (Å²) in [5.41, 5.74) is 2.14. The zero-order chi connectivity index (χ0) is 16.1. The fourth-order valence-corrected chi connectivity index (χ4v) is 2.96. The first-order valence-corrected chi connectivity index (χ1v) is 8.11. The van der Waals surface area contributed by atoms with Crippen LogP contribution in [0.1, 0.15) is 10.4 Å². The number of imidazole rings is 1. The van der Waals surface area contributed by atoms with Gasteiger partial charge in [0.15, 0.2) is 6.61 Å². The van der Waals surface area contributed by atoms with Crippen molar-refractivity contribution in [3.63, 3.8) is 0 Å². The molecule has 0 atom stereocenters. The first kappa shape index (κ1) is 15.3. The van der Waals surface area contributed by atoms with E-state index in [1.807, 2.05) is 53.4 Å². The van der Waals surface area contributed by atoms with Crippen LogP contribution in [0.4, 0.5) is 0 Å². The Balaban J connectivity index is 1.53. The predicted octanol–water partition coefficient (Wildman–Crippen LogP) is 2.94. The summed E-state index contributed by atoms with van der Waals surface area (Å²) in [4.78, 5) is 17.1. The lowest BCUT2D eigenvalue weighted by atomic mass is 10.3. The number of nitrogens with zero attached hydrogens (tertiary/aromatic N) is 2. The van der Waals surface area contributed by atoms with Crippen LogP contribution in [0.5, 0.6) is 5.75 Å². The minimum absolute atomic E-state index is 0.00218. The molecule has 0 bridgehead atoms. The van der Waals surface area contributed by atoms with Crippen LogP contribution in [-0.4, -0.2) is 22.1 Å². The zero-order valence-corrected chi connectivity index (χ0v) is 13.5. The summed E-state index contributed by atoms with van der Waals surface area (Å²) in [6, 6.07) is 9.59. The van der Waals surface area contributed by atoms with Crippen molar-refractivity contribution in [1.29, 1.82) is 0 Å². The van der Waals surface area contributed by atoms with Gasteiger partial charge in [0.1, 0.15) is 5.75 Å². The van der Waals surface area contributed by atoms with E-state index in [0.717, 1.165) is 5.69 Å². The second kappa shape index (κ2) is 7.11. The van der Waals surface area contributed by atoms with E-state index in [1.54, 1.807) is 23.9 Å². The van der Waals surface area contributed by atoms with Crippen LogP contribution in [0, 0.1) is 6.92 Å². The van der Waals surface area contributed by atoms with Gasteiger partial charge in [-0.05, 0) is 36.1 Å². The number of nitrogens with one attached hydrogen (secondary N) is 1. The number of hydrogen-bond donors (Lipinski definition) is 1. The van der Waals surface area contributed by atoms with Gasteiger partial charge in [-0.25, -0.2) is 4.98 Å². The van der Waals surface area contributed by atoms with E-state index >= 15 is 0 Å². The van der Waals surface area contributed by atoms with Gasteiger partial charge in [0.2, 0.25) is 0 Å². The zero-order valence-electron chi connectivity index (χ0n) is 12.7. The van der Waals surface area contributed by atoms with Crippen LogP contribution in [-0.2, 0) is 11.3 Å². The Kier molecular flexibility index (Phi) is 4.73. The normalized spacial score (nSPS) is 10.5. The number of aryl methyl sites for hydroxylation is 1. The molecule has 6 heteroatoms. The number of amides is 1. The number of carbonyl (C=O) groups is 1. The first-order chi connectivity index (χ1) is 11.2. The summed E-state index contributed by atoms with van der Waals surface area (Å²) in [5, 5.41) is 4.89. The van der Waals surface area contributed by atoms with Crippen molar-refractivity contribution in [2.45, 2.75) is 13.5 Å². The minimum atomic E-state index is -0.133. The summed E-state index contributed by atoms with van der Waals surface area (Å²) in [5.74, 6) is 0.518. The third-order valence-corrected chi connectivity index (χ3v) is 4.43. The van der Waals surface area contributed by atoms with Crippen molar-refractivity contribution in [2.24, 2.45) is 0 Å². The third kappa shape index (κ3) is 3.98. The Morgan fingerprint density at radius 3 is 3.04 bits per heavy atom. The van der Waals surface area contributed by atoms with Crippen LogP contribution in [0.25, 0.3) is 5.69 Å². The van der Waals surface area contributed by atoms with E-state index in [9.17, 15) is 4.79 Å². The number of aromatic nitrogens is 2. The molecule has 5 nitrogen and oxygen atoms in total. The van der Waals surface area contributed by atoms with E-state index in [-0.39, 0.29) is 12.5 Å². The topological polar surface area (TPSA) is 56.1 Å². The Hall–Kier alpha value is -2.60. The van der Waals surface area contributed by atoms with Crippen LogP contribution in [0.3, 0.4) is 0 Å². The van der Waals surface area contributed by atoms with Gasteiger partial charge >= 0.3 is 0 Å². The molecule has 1 N–H and O–H groups in total. The van der Waals surface area contributed by atoms with Gasteiger partial charge in [0.25, 0.3) is 5.91 Å². The van der Waals surface area contributed by atoms with Gasteiger partial charge in [-0.2, -0.15) is 0 Å². The van der Waals surface area contributed by atoms with E-state index in [4.69, 9.17) is 4.74 Å². The van der Waals surface area contributed by atoms with Crippen LogP contribution < -0.4 is 10.1 Å². The quantitative estimate of drug-likeness (QED) is 0.757. The van der Waals surface area contributed by atoms with Gasteiger partial charge in [-0.3, -0.25) is 4.79 Å². The number of thiophene rings is 1. The molecule has 3 rings (SSSR count). The number of ether oxygens (including phenoxy) is 1. The first-order valence-electron chi connectivity index (χ1n) is 7.23. The largest absolute Gasteiger partial charge is 0.484 e. The highest BCUT2D eigenvalue weighted by atomic mass is 32.1. The molecule has 0 saturated heterocycles. The lowest BCUT2D eigenvalue weighted by Crippen LogP contribution is -2.28. The van der Waals surface area contributed by atoms with Crippen molar-refractivity contribution in [3.8, 4) is 11.4 Å². The van der Waals surface area contributed by atoms with E-state index in [0.29, 0.717) is 12.3 Å². The van der Waals surface area contributed by atoms with Crippen molar-refractivity contribution >= 4 is 17.2 Å². The standard InChI is InChI=1S/C17H17N3O2S/c1-13-5-8-23-16(13)10-19-17(21)11-22-15-4-2-3-14(9-15)20-7-6-18-12-20/h2-9,12H,10-11H2,1H3,(H,19,21). The number of hydrogen-bond acceptors (Lipinski definition) is 4. The van der Waals surface area contributed by atoms with Crippen LogP contribution in [0.15, 0.2) is 54.4 Å². The van der Waals surface area contributed by atoms with Gasteiger partial charge in [-0.1, -0.05) is 6.07 Å². The Morgan fingerprint density at radius 2 is 2.30 bits per heavy atom. The molecule has 2 aromatic heterocycles. The van der Waals surface area contributed by atoms with E-state index in [2.05, 4.69) is 10.3 Å². The molecule has 0 saturated carbocycles. The molecule has 118 valence electrons. The SMILES string of the molecule is Cc1ccsc1CNC(=O)COc1cccc(-n2ccnc2)c1. The maximum Gasteiger partial charge on any atom is 0.258 e. The number of benzene rings is 1. The summed E-state index contributed by atoms with van der Waals surface area (Å²) in [6.45, 7) is 2.58. The highest BCUT2D eigenvalue weighted by Gasteiger charge is 2.06. The molecule has 0 fully saturated rings. The molecule has 0 spiro atoms. The highest BCUT2D eigenvalue weighted by molar-refractivity contribution is 7.10. The van der Waals surface area contributed by atoms with Gasteiger partial charge in [0.05, 0.1) is 18.6 Å². The fourth-order valence-electron chi connectivity index (χ4n) is 2.11. The highest BCUT2D eigenvalue weighted by Crippen LogP contribution is 2.17. The molecule has 0 unspecified atom stereocenters. The van der Waals surface area contributed by atoms with Crippen molar-refractivity contribution < 1.29 is 9.53 Å². The Morgan fingerprint density at radius 1 is 1.39 bits per heavy atom. The molecule has 3 aromatic rings. The van der Waals surface area contributed by atoms with Crippen LogP contribution >= 0.6 is 11.3 Å². The molecule has 23 heavy (non-hydrogen) atoms. The lowest BCUT2D eigenvalue weighted by molar-refractivity contribution is -0.123. The third-order valence-electron chi connectivity index (χ3n) is 3.40. The molecule has 1 amide bonds. The van der Waals surface area contributed by atoms with Crippen molar-refractivity contribution in [1.82, 2.24) is 14.9 Å². The van der Waals surface area contributed by atoms with E-state index < -0.39 is 0 Å². The molecule has 0 aliphatic rings. The Bertz CT molecular complexity index is 781. The average Bonchev–Trinajstić information content (AvgIpc) is 3.23. The molecular formula is C17H17N3O2S. The maximum absolute atomic E-state index is 11.9. The molecule has 0 aliphatic heterocycles. The van der Waals surface area contributed by atoms with E-state index in [1.165, 1.54) is 10.4 Å². The second-order valence-electron chi connectivity index (χ2n) is 5.06. The predicted molar refractivity (Wildman–Crippen MR) is 90.0 cm³/mol. The fraction of sp³-hybridized carbons (Fsp3) is 0.176. The summed E-state index contributed by atoms with van der Waals surface area (Å²) in [7, 11) is 0. The van der Waals surface area contributed by atoms with Gasteiger partial charge in [-0.15, -0.1) is 11.3 Å². The smallest absolute Gasteiger partial charge is 0.258 e. The molecule has 1 aromatic carbocycles. The molecule has 0 radical (unpaired) electrons. The summed E-state index contributed by atoms with van der Waals surface area (Å²) < 4.78 is 7.45. The summed E-state index contributed by atoms with van der Waals surface area (Å²) in [6.07, 6.45) is 5.29. The second-order valence-corrected chi connectivity index (χ2v) is 6.06. The Labute approximate surface area is 138 Å². The molecule has 2 heterocycles. The van der Waals surface area contributed by atoms with Crippen LogP contribution in [0.2, 0.25) is 0 Å². The number of carbonyl (C=O) groups excluding carboxylic acids is 1. The maximum atomic E-state index is 11.9. The average molecular weight is 327 g/mol.